The average Bonchev–Trinajstić information content (AvgIpc) is 3.01. The number of aryl methyl sites for hydroxylation is 2. The molecular formula is C19H17N5. The van der Waals surface area contributed by atoms with Crippen LogP contribution in [0.15, 0.2) is 54.6 Å². The Labute approximate surface area is 140 Å². The Balaban J connectivity index is 1.90. The van der Waals surface area contributed by atoms with Gasteiger partial charge in [-0.15, -0.1) is 10.2 Å². The van der Waals surface area contributed by atoms with Gasteiger partial charge in [0.1, 0.15) is 5.52 Å². The van der Waals surface area contributed by atoms with Crippen LogP contribution in [0.25, 0.3) is 28.2 Å². The predicted molar refractivity (Wildman–Crippen MR) is 94.0 cm³/mol. The van der Waals surface area contributed by atoms with Crippen LogP contribution in [0.2, 0.25) is 0 Å². The van der Waals surface area contributed by atoms with Crippen LogP contribution in [0, 0.1) is 6.92 Å². The summed E-state index contributed by atoms with van der Waals surface area (Å²) in [7, 11) is 0. The number of fused-ring (bicyclic) bond motifs is 1. The molecule has 0 aliphatic rings. The number of benzene rings is 2. The second-order valence-corrected chi connectivity index (χ2v) is 5.72. The molecule has 2 aromatic carbocycles. The number of aromatic nitrogens is 5. The summed E-state index contributed by atoms with van der Waals surface area (Å²) in [6.45, 7) is 4.14. The van der Waals surface area contributed by atoms with E-state index in [1.165, 1.54) is 5.56 Å². The van der Waals surface area contributed by atoms with E-state index < -0.39 is 0 Å². The molecule has 4 aromatic rings. The van der Waals surface area contributed by atoms with Crippen molar-refractivity contribution in [3.8, 4) is 17.1 Å². The van der Waals surface area contributed by atoms with Crippen LogP contribution in [0.3, 0.4) is 0 Å². The third-order valence-corrected chi connectivity index (χ3v) is 4.01. The van der Waals surface area contributed by atoms with Crippen LogP contribution in [0.1, 0.15) is 18.2 Å². The van der Waals surface area contributed by atoms with Gasteiger partial charge in [0.25, 0.3) is 0 Å². The van der Waals surface area contributed by atoms with E-state index in [0.29, 0.717) is 11.5 Å². The minimum Gasteiger partial charge on any atom is -0.221 e. The fraction of sp³-hybridized carbons (Fsp3) is 0.158. The molecule has 24 heavy (non-hydrogen) atoms. The molecule has 5 nitrogen and oxygen atoms in total. The Morgan fingerprint density at radius 2 is 1.67 bits per heavy atom. The molecule has 0 unspecified atom stereocenters. The maximum atomic E-state index is 4.72. The molecule has 0 N–H and O–H groups in total. The van der Waals surface area contributed by atoms with Crippen molar-refractivity contribution in [1.29, 1.82) is 0 Å². The van der Waals surface area contributed by atoms with Gasteiger partial charge < -0.3 is 0 Å². The molecule has 0 amide bonds. The highest BCUT2D eigenvalue weighted by molar-refractivity contribution is 5.77. The van der Waals surface area contributed by atoms with E-state index in [-0.39, 0.29) is 0 Å². The molecule has 0 bridgehead atoms. The lowest BCUT2D eigenvalue weighted by molar-refractivity contribution is 0.845. The van der Waals surface area contributed by atoms with Crippen LogP contribution in [0.4, 0.5) is 0 Å². The lowest BCUT2D eigenvalue weighted by Crippen LogP contribution is -2.00. The van der Waals surface area contributed by atoms with Gasteiger partial charge in [0, 0.05) is 5.56 Å². The van der Waals surface area contributed by atoms with Crippen LogP contribution < -0.4 is 0 Å². The first-order valence-electron chi connectivity index (χ1n) is 8.01. The summed E-state index contributed by atoms with van der Waals surface area (Å²) in [6, 6.07) is 18.1. The monoisotopic (exact) mass is 315 g/mol. The van der Waals surface area contributed by atoms with Gasteiger partial charge in [-0.3, -0.25) is 0 Å². The zero-order chi connectivity index (χ0) is 16.5. The van der Waals surface area contributed by atoms with Crippen molar-refractivity contribution in [2.45, 2.75) is 20.3 Å². The predicted octanol–water partition coefficient (Wildman–Crippen LogP) is 3.75. The summed E-state index contributed by atoms with van der Waals surface area (Å²) in [5.74, 6) is 0.626. The molecule has 2 heterocycles. The van der Waals surface area contributed by atoms with E-state index in [0.717, 1.165) is 28.9 Å². The van der Waals surface area contributed by atoms with Gasteiger partial charge in [0.05, 0.1) is 11.4 Å². The molecule has 0 radical (unpaired) electrons. The van der Waals surface area contributed by atoms with Crippen LogP contribution in [-0.4, -0.2) is 25.0 Å². The minimum absolute atomic E-state index is 0.626. The second kappa shape index (κ2) is 5.85. The lowest BCUT2D eigenvalue weighted by atomic mass is 10.2. The van der Waals surface area contributed by atoms with E-state index in [1.807, 2.05) is 47.1 Å². The fourth-order valence-corrected chi connectivity index (χ4v) is 2.69. The van der Waals surface area contributed by atoms with Crippen molar-refractivity contribution in [1.82, 2.24) is 25.0 Å². The SMILES string of the molecule is CCc1nn(-c2ccc(C)cc2)c2nnc(-c3ccccc3)nc12. The largest absolute Gasteiger partial charge is 0.221 e. The maximum absolute atomic E-state index is 4.72. The van der Waals surface area contributed by atoms with Crippen molar-refractivity contribution in [3.05, 3.63) is 65.9 Å². The summed E-state index contributed by atoms with van der Waals surface area (Å²) in [4.78, 5) is 4.72. The van der Waals surface area contributed by atoms with Gasteiger partial charge in [-0.25, -0.2) is 9.67 Å². The van der Waals surface area contributed by atoms with E-state index in [4.69, 9.17) is 10.1 Å². The molecule has 0 fully saturated rings. The Morgan fingerprint density at radius 3 is 2.38 bits per heavy atom. The first-order chi connectivity index (χ1) is 11.8. The third-order valence-electron chi connectivity index (χ3n) is 4.01. The number of hydrogen-bond donors (Lipinski definition) is 0. The first-order valence-corrected chi connectivity index (χ1v) is 8.01. The van der Waals surface area contributed by atoms with E-state index in [9.17, 15) is 0 Å². The highest BCUT2D eigenvalue weighted by Gasteiger charge is 2.15. The zero-order valence-electron chi connectivity index (χ0n) is 13.6. The quantitative estimate of drug-likeness (QED) is 0.578. The molecule has 118 valence electrons. The molecule has 4 rings (SSSR count). The van der Waals surface area contributed by atoms with Crippen LogP contribution >= 0.6 is 0 Å². The highest BCUT2D eigenvalue weighted by atomic mass is 15.4. The van der Waals surface area contributed by atoms with Crippen molar-refractivity contribution in [2.24, 2.45) is 0 Å². The van der Waals surface area contributed by atoms with Crippen LogP contribution in [-0.2, 0) is 6.42 Å². The van der Waals surface area contributed by atoms with Crippen molar-refractivity contribution in [3.63, 3.8) is 0 Å². The first kappa shape index (κ1) is 14.5. The maximum Gasteiger partial charge on any atom is 0.204 e. The van der Waals surface area contributed by atoms with Crippen molar-refractivity contribution in [2.75, 3.05) is 0 Å². The lowest BCUT2D eigenvalue weighted by Gasteiger charge is -2.03. The van der Waals surface area contributed by atoms with Gasteiger partial charge in [0.15, 0.2) is 5.82 Å². The molecule has 0 spiro atoms. The molecular weight excluding hydrogens is 298 g/mol. The molecule has 0 saturated carbocycles. The zero-order valence-corrected chi connectivity index (χ0v) is 13.6. The molecule has 2 aromatic heterocycles. The van der Waals surface area contributed by atoms with Crippen molar-refractivity contribution < 1.29 is 0 Å². The smallest absolute Gasteiger partial charge is 0.204 e. The minimum atomic E-state index is 0.626. The molecule has 5 heteroatoms. The highest BCUT2D eigenvalue weighted by Crippen LogP contribution is 2.22. The Morgan fingerprint density at radius 1 is 0.917 bits per heavy atom. The summed E-state index contributed by atoms with van der Waals surface area (Å²) in [5.41, 5.74) is 5.56. The topological polar surface area (TPSA) is 56.5 Å². The fourth-order valence-electron chi connectivity index (χ4n) is 2.69. The summed E-state index contributed by atoms with van der Waals surface area (Å²) >= 11 is 0. The number of nitrogens with zero attached hydrogens (tertiary/aromatic N) is 5. The van der Waals surface area contributed by atoms with Crippen LogP contribution in [0.5, 0.6) is 0 Å². The third kappa shape index (κ3) is 2.44. The molecule has 0 aliphatic carbocycles. The average molecular weight is 315 g/mol. The summed E-state index contributed by atoms with van der Waals surface area (Å²) < 4.78 is 1.82. The van der Waals surface area contributed by atoms with E-state index in [2.05, 4.69) is 36.2 Å². The second-order valence-electron chi connectivity index (χ2n) is 5.72. The molecule has 0 atom stereocenters. The normalized spacial score (nSPS) is 11.1. The Bertz CT molecular complexity index is 988. The molecule has 0 aliphatic heterocycles. The van der Waals surface area contributed by atoms with Gasteiger partial charge in [0.2, 0.25) is 5.65 Å². The van der Waals surface area contributed by atoms with Gasteiger partial charge in [-0.2, -0.15) is 5.10 Å². The van der Waals surface area contributed by atoms with Gasteiger partial charge >= 0.3 is 0 Å². The Kier molecular flexibility index (Phi) is 3.54. The summed E-state index contributed by atoms with van der Waals surface area (Å²) in [6.07, 6.45) is 0.794. The van der Waals surface area contributed by atoms with Crippen molar-refractivity contribution >= 4 is 11.2 Å². The standard InChI is InChI=1S/C19H17N5/c1-3-16-17-19(24(23-16)15-11-9-13(2)10-12-15)22-21-18(20-17)14-7-5-4-6-8-14/h4-12H,3H2,1-2H3. The summed E-state index contributed by atoms with van der Waals surface area (Å²) in [5, 5.41) is 13.4. The van der Waals surface area contributed by atoms with E-state index >= 15 is 0 Å². The molecule has 0 saturated heterocycles. The number of rotatable bonds is 3. The van der Waals surface area contributed by atoms with E-state index in [1.54, 1.807) is 0 Å². The number of hydrogen-bond acceptors (Lipinski definition) is 4. The van der Waals surface area contributed by atoms with Gasteiger partial charge in [-0.1, -0.05) is 55.0 Å². The Hall–Kier alpha value is -3.08. The van der Waals surface area contributed by atoms with Gasteiger partial charge in [-0.05, 0) is 25.5 Å².